The van der Waals surface area contributed by atoms with Crippen molar-refractivity contribution in [1.29, 1.82) is 0 Å². The Bertz CT molecular complexity index is 399. The summed E-state index contributed by atoms with van der Waals surface area (Å²) in [5.41, 5.74) is 1.92. The Balaban J connectivity index is 3.05. The minimum Gasteiger partial charge on any atom is -0.496 e. The predicted molar refractivity (Wildman–Crippen MR) is 64.9 cm³/mol. The summed E-state index contributed by atoms with van der Waals surface area (Å²) in [7, 11) is 3.20. The Labute approximate surface area is 101 Å². The van der Waals surface area contributed by atoms with Crippen LogP contribution in [-0.2, 0) is 17.6 Å². The lowest BCUT2D eigenvalue weighted by Gasteiger charge is -2.13. The van der Waals surface area contributed by atoms with E-state index in [1.54, 1.807) is 14.2 Å². The van der Waals surface area contributed by atoms with Gasteiger partial charge in [0.25, 0.3) is 0 Å². The largest absolute Gasteiger partial charge is 0.496 e. The zero-order chi connectivity index (χ0) is 12.8. The van der Waals surface area contributed by atoms with E-state index in [0.29, 0.717) is 6.42 Å². The molecule has 1 N–H and O–H groups in total. The lowest BCUT2D eigenvalue weighted by Crippen LogP contribution is -2.01. The van der Waals surface area contributed by atoms with Crippen LogP contribution in [0.2, 0.25) is 0 Å². The number of aryl methyl sites for hydroxylation is 2. The number of rotatable bonds is 6. The molecule has 0 aromatic heterocycles. The molecule has 0 fully saturated rings. The van der Waals surface area contributed by atoms with Crippen LogP contribution < -0.4 is 9.47 Å². The van der Waals surface area contributed by atoms with Gasteiger partial charge >= 0.3 is 5.97 Å². The van der Waals surface area contributed by atoms with E-state index in [4.69, 9.17) is 14.6 Å². The summed E-state index contributed by atoms with van der Waals surface area (Å²) in [6, 6.07) is 3.77. The zero-order valence-corrected chi connectivity index (χ0v) is 10.4. The summed E-state index contributed by atoms with van der Waals surface area (Å²) in [6.07, 6.45) is 1.38. The van der Waals surface area contributed by atoms with Crippen LogP contribution in [0.15, 0.2) is 12.1 Å². The molecular weight excluding hydrogens is 220 g/mol. The molecule has 0 unspecified atom stereocenters. The normalized spacial score (nSPS) is 10.1. The molecular formula is C13H18O4. The van der Waals surface area contributed by atoms with Gasteiger partial charge in [-0.2, -0.15) is 0 Å². The summed E-state index contributed by atoms with van der Waals surface area (Å²) in [6.45, 7) is 2.04. The lowest BCUT2D eigenvalue weighted by molar-refractivity contribution is -0.136. The second-order valence-electron chi connectivity index (χ2n) is 3.72. The highest BCUT2D eigenvalue weighted by Gasteiger charge is 2.11. The van der Waals surface area contributed by atoms with Gasteiger partial charge in [-0.1, -0.05) is 6.92 Å². The number of aliphatic carboxylic acids is 1. The van der Waals surface area contributed by atoms with Crippen molar-refractivity contribution in [2.24, 2.45) is 0 Å². The van der Waals surface area contributed by atoms with E-state index in [1.165, 1.54) is 0 Å². The third-order valence-electron chi connectivity index (χ3n) is 2.67. The van der Waals surface area contributed by atoms with Crippen LogP contribution in [0.5, 0.6) is 11.5 Å². The second-order valence-corrected chi connectivity index (χ2v) is 3.72. The van der Waals surface area contributed by atoms with Crippen molar-refractivity contribution in [1.82, 2.24) is 0 Å². The van der Waals surface area contributed by atoms with Crippen LogP contribution >= 0.6 is 0 Å². The molecule has 0 amide bonds. The SMILES string of the molecule is CCc1cc(OC)c(CCC(=O)O)cc1OC. The molecule has 0 heterocycles. The third kappa shape index (κ3) is 3.37. The Morgan fingerprint density at radius 3 is 2.18 bits per heavy atom. The lowest BCUT2D eigenvalue weighted by atomic mass is 10.0. The number of carboxylic acids is 1. The number of hydrogen-bond acceptors (Lipinski definition) is 3. The molecule has 4 nitrogen and oxygen atoms in total. The average molecular weight is 238 g/mol. The smallest absolute Gasteiger partial charge is 0.303 e. The first kappa shape index (κ1) is 13.4. The topological polar surface area (TPSA) is 55.8 Å². The van der Waals surface area contributed by atoms with Crippen molar-refractivity contribution >= 4 is 5.97 Å². The number of hydrogen-bond donors (Lipinski definition) is 1. The monoisotopic (exact) mass is 238 g/mol. The molecule has 0 saturated carbocycles. The molecule has 0 bridgehead atoms. The molecule has 0 aliphatic heterocycles. The fraction of sp³-hybridized carbons (Fsp3) is 0.462. The summed E-state index contributed by atoms with van der Waals surface area (Å²) < 4.78 is 10.6. The number of methoxy groups -OCH3 is 2. The highest BCUT2D eigenvalue weighted by molar-refractivity contribution is 5.67. The number of carboxylic acid groups (broad SMARTS) is 1. The first-order chi connectivity index (χ1) is 8.12. The van der Waals surface area contributed by atoms with E-state index in [2.05, 4.69) is 0 Å². The van der Waals surface area contributed by atoms with Crippen LogP contribution in [-0.4, -0.2) is 25.3 Å². The maximum absolute atomic E-state index is 10.6. The van der Waals surface area contributed by atoms with Crippen molar-refractivity contribution in [3.05, 3.63) is 23.3 Å². The van der Waals surface area contributed by atoms with E-state index in [0.717, 1.165) is 29.0 Å². The van der Waals surface area contributed by atoms with Crippen molar-refractivity contribution < 1.29 is 19.4 Å². The standard InChI is InChI=1S/C13H18O4/c1-4-9-7-12(17-3)10(5-6-13(14)15)8-11(9)16-2/h7-8H,4-6H2,1-3H3,(H,14,15). The first-order valence-electron chi connectivity index (χ1n) is 5.57. The highest BCUT2D eigenvalue weighted by Crippen LogP contribution is 2.30. The molecule has 0 saturated heterocycles. The predicted octanol–water partition coefficient (Wildman–Crippen LogP) is 2.28. The molecule has 1 aromatic carbocycles. The van der Waals surface area contributed by atoms with Crippen molar-refractivity contribution in [3.63, 3.8) is 0 Å². The minimum absolute atomic E-state index is 0.0883. The van der Waals surface area contributed by atoms with Gasteiger partial charge in [0.1, 0.15) is 11.5 Å². The van der Waals surface area contributed by atoms with E-state index in [1.807, 2.05) is 19.1 Å². The van der Waals surface area contributed by atoms with Crippen LogP contribution in [0.3, 0.4) is 0 Å². The molecule has 17 heavy (non-hydrogen) atoms. The van der Waals surface area contributed by atoms with E-state index >= 15 is 0 Å². The van der Waals surface area contributed by atoms with Crippen molar-refractivity contribution in [2.75, 3.05) is 14.2 Å². The van der Waals surface area contributed by atoms with Gasteiger partial charge in [-0.3, -0.25) is 4.79 Å². The molecule has 4 heteroatoms. The van der Waals surface area contributed by atoms with Crippen molar-refractivity contribution in [3.8, 4) is 11.5 Å². The highest BCUT2D eigenvalue weighted by atomic mass is 16.5. The fourth-order valence-electron chi connectivity index (χ4n) is 1.74. The summed E-state index contributed by atoms with van der Waals surface area (Å²) >= 11 is 0. The Morgan fingerprint density at radius 2 is 1.71 bits per heavy atom. The van der Waals surface area contributed by atoms with Crippen LogP contribution in [0.1, 0.15) is 24.5 Å². The van der Waals surface area contributed by atoms with E-state index < -0.39 is 5.97 Å². The summed E-state index contributed by atoms with van der Waals surface area (Å²) in [4.78, 5) is 10.6. The number of carbonyl (C=O) groups is 1. The quantitative estimate of drug-likeness (QED) is 0.826. The Morgan fingerprint density at radius 1 is 1.18 bits per heavy atom. The maximum Gasteiger partial charge on any atom is 0.303 e. The Hall–Kier alpha value is -1.71. The molecule has 0 radical (unpaired) electrons. The summed E-state index contributed by atoms with van der Waals surface area (Å²) in [5.74, 6) is 0.697. The molecule has 1 rings (SSSR count). The molecule has 0 spiro atoms. The van der Waals surface area contributed by atoms with Gasteiger partial charge in [0, 0.05) is 6.42 Å². The van der Waals surface area contributed by atoms with Crippen molar-refractivity contribution in [2.45, 2.75) is 26.2 Å². The fourth-order valence-corrected chi connectivity index (χ4v) is 1.74. The van der Waals surface area contributed by atoms with Gasteiger partial charge in [-0.05, 0) is 36.1 Å². The molecule has 0 aliphatic rings. The zero-order valence-electron chi connectivity index (χ0n) is 10.4. The van der Waals surface area contributed by atoms with E-state index in [-0.39, 0.29) is 6.42 Å². The maximum atomic E-state index is 10.6. The Kier molecular flexibility index (Phi) is 4.82. The average Bonchev–Trinajstić information content (AvgIpc) is 2.34. The second kappa shape index (κ2) is 6.13. The van der Waals surface area contributed by atoms with Gasteiger partial charge in [-0.15, -0.1) is 0 Å². The van der Waals surface area contributed by atoms with Crippen LogP contribution in [0.4, 0.5) is 0 Å². The number of benzene rings is 1. The van der Waals surface area contributed by atoms with Crippen LogP contribution in [0, 0.1) is 0 Å². The summed E-state index contributed by atoms with van der Waals surface area (Å²) in [5, 5.41) is 8.69. The minimum atomic E-state index is -0.814. The van der Waals surface area contributed by atoms with Crippen LogP contribution in [0.25, 0.3) is 0 Å². The molecule has 94 valence electrons. The third-order valence-corrected chi connectivity index (χ3v) is 2.67. The number of ether oxygens (including phenoxy) is 2. The van der Waals surface area contributed by atoms with Gasteiger partial charge < -0.3 is 14.6 Å². The molecule has 1 aromatic rings. The van der Waals surface area contributed by atoms with E-state index in [9.17, 15) is 4.79 Å². The van der Waals surface area contributed by atoms with Gasteiger partial charge in [0.15, 0.2) is 0 Å². The molecule has 0 aliphatic carbocycles. The van der Waals surface area contributed by atoms with Gasteiger partial charge in [0.05, 0.1) is 14.2 Å². The molecule has 0 atom stereocenters. The first-order valence-corrected chi connectivity index (χ1v) is 5.57. The van der Waals surface area contributed by atoms with Gasteiger partial charge in [-0.25, -0.2) is 0 Å². The van der Waals surface area contributed by atoms with Gasteiger partial charge in [0.2, 0.25) is 0 Å².